The normalized spacial score (nSPS) is 11.0. The second-order valence-electron chi connectivity index (χ2n) is 8.36. The first-order valence-corrected chi connectivity index (χ1v) is 13.5. The molecule has 0 spiro atoms. The summed E-state index contributed by atoms with van der Waals surface area (Å²) >= 11 is 0. The standard InChI is InChI=1S/C28H34N2O6S/c1-5-36-25-11-7-6-9-22(25)10-8-18-29-28(31)20-30(23-14-17-26(34-3)27(19-23)35-4)37(32,33)24-15-12-21(2)13-16-24/h6-7,9,11-17,19H,5,8,10,18,20H2,1-4H3,(H,29,31). The highest BCUT2D eigenvalue weighted by Crippen LogP contribution is 2.33. The lowest BCUT2D eigenvalue weighted by Crippen LogP contribution is -2.41. The van der Waals surface area contributed by atoms with Crippen LogP contribution < -0.4 is 23.8 Å². The van der Waals surface area contributed by atoms with Crippen LogP contribution in [0.25, 0.3) is 0 Å². The second kappa shape index (κ2) is 13.0. The Hall–Kier alpha value is -3.72. The number of para-hydroxylation sites is 1. The van der Waals surface area contributed by atoms with Gasteiger partial charge in [0.1, 0.15) is 12.3 Å². The number of hydrogen-bond acceptors (Lipinski definition) is 6. The molecule has 0 saturated heterocycles. The molecule has 0 bridgehead atoms. The Bertz CT molecular complexity index is 1290. The number of amides is 1. The van der Waals surface area contributed by atoms with Gasteiger partial charge in [0.25, 0.3) is 10.0 Å². The molecule has 0 atom stereocenters. The van der Waals surface area contributed by atoms with Gasteiger partial charge in [0.15, 0.2) is 11.5 Å². The summed E-state index contributed by atoms with van der Waals surface area (Å²) in [4.78, 5) is 13.0. The molecule has 0 aliphatic rings. The van der Waals surface area contributed by atoms with Gasteiger partial charge in [-0.05, 0) is 62.6 Å². The molecule has 0 saturated carbocycles. The molecular weight excluding hydrogens is 492 g/mol. The van der Waals surface area contributed by atoms with Gasteiger partial charge in [-0.15, -0.1) is 0 Å². The van der Waals surface area contributed by atoms with Crippen molar-refractivity contribution in [3.63, 3.8) is 0 Å². The number of nitrogens with zero attached hydrogens (tertiary/aromatic N) is 1. The zero-order valence-corrected chi connectivity index (χ0v) is 22.5. The summed E-state index contributed by atoms with van der Waals surface area (Å²) in [5.74, 6) is 1.23. The van der Waals surface area contributed by atoms with Gasteiger partial charge in [-0.2, -0.15) is 0 Å². The van der Waals surface area contributed by atoms with E-state index in [0.717, 1.165) is 27.6 Å². The number of ether oxygens (including phenoxy) is 3. The fourth-order valence-corrected chi connectivity index (χ4v) is 5.25. The zero-order chi connectivity index (χ0) is 26.8. The highest BCUT2D eigenvalue weighted by Gasteiger charge is 2.28. The lowest BCUT2D eigenvalue weighted by molar-refractivity contribution is -0.119. The topological polar surface area (TPSA) is 94.2 Å². The molecule has 3 aromatic carbocycles. The minimum Gasteiger partial charge on any atom is -0.494 e. The third-order valence-electron chi connectivity index (χ3n) is 5.77. The summed E-state index contributed by atoms with van der Waals surface area (Å²) in [6.45, 7) is 4.40. The first-order chi connectivity index (χ1) is 17.8. The predicted octanol–water partition coefficient (Wildman–Crippen LogP) is 4.36. The Labute approximate surface area is 219 Å². The third kappa shape index (κ3) is 7.16. The van der Waals surface area contributed by atoms with Crippen molar-refractivity contribution >= 4 is 21.6 Å². The van der Waals surface area contributed by atoms with Crippen molar-refractivity contribution < 1.29 is 27.4 Å². The zero-order valence-electron chi connectivity index (χ0n) is 21.7. The first-order valence-electron chi connectivity index (χ1n) is 12.1. The van der Waals surface area contributed by atoms with Gasteiger partial charge in [-0.1, -0.05) is 35.9 Å². The van der Waals surface area contributed by atoms with Crippen LogP contribution in [0.15, 0.2) is 71.6 Å². The predicted molar refractivity (Wildman–Crippen MR) is 144 cm³/mol. The monoisotopic (exact) mass is 526 g/mol. The van der Waals surface area contributed by atoms with Crippen molar-refractivity contribution in [3.05, 3.63) is 77.9 Å². The molecule has 0 aliphatic carbocycles. The van der Waals surface area contributed by atoms with Gasteiger partial charge < -0.3 is 19.5 Å². The number of sulfonamides is 1. The molecule has 8 nitrogen and oxygen atoms in total. The van der Waals surface area contributed by atoms with E-state index in [-0.39, 0.29) is 11.4 Å². The minimum absolute atomic E-state index is 0.0909. The fraction of sp³-hybridized carbons (Fsp3) is 0.321. The number of benzene rings is 3. The SMILES string of the molecule is CCOc1ccccc1CCCNC(=O)CN(c1ccc(OC)c(OC)c1)S(=O)(=O)c1ccc(C)cc1. The number of hydrogen-bond donors (Lipinski definition) is 1. The molecule has 1 amide bonds. The fourth-order valence-electron chi connectivity index (χ4n) is 3.83. The van der Waals surface area contributed by atoms with E-state index in [1.54, 1.807) is 30.3 Å². The van der Waals surface area contributed by atoms with Crippen molar-refractivity contribution in [2.45, 2.75) is 31.6 Å². The summed E-state index contributed by atoms with van der Waals surface area (Å²) in [5.41, 5.74) is 2.28. The van der Waals surface area contributed by atoms with Gasteiger partial charge >= 0.3 is 0 Å². The van der Waals surface area contributed by atoms with Crippen LogP contribution in [-0.4, -0.2) is 48.2 Å². The van der Waals surface area contributed by atoms with Gasteiger partial charge in [0.05, 0.1) is 31.4 Å². The van der Waals surface area contributed by atoms with Crippen molar-refractivity contribution in [1.29, 1.82) is 0 Å². The van der Waals surface area contributed by atoms with Crippen molar-refractivity contribution in [2.75, 3.05) is 38.2 Å². The average Bonchev–Trinajstić information content (AvgIpc) is 2.90. The first kappa shape index (κ1) is 27.9. The third-order valence-corrected chi connectivity index (χ3v) is 7.56. The number of anilines is 1. The van der Waals surface area contributed by atoms with Gasteiger partial charge in [-0.25, -0.2) is 8.42 Å². The van der Waals surface area contributed by atoms with E-state index in [2.05, 4.69) is 5.32 Å². The van der Waals surface area contributed by atoms with Crippen LogP contribution in [0, 0.1) is 6.92 Å². The maximum absolute atomic E-state index is 13.6. The summed E-state index contributed by atoms with van der Waals surface area (Å²) in [5, 5.41) is 2.85. The summed E-state index contributed by atoms with van der Waals surface area (Å²) in [6.07, 6.45) is 1.40. The Morgan fingerprint density at radius 1 is 0.919 bits per heavy atom. The van der Waals surface area contributed by atoms with Crippen molar-refractivity contribution in [3.8, 4) is 17.2 Å². The van der Waals surface area contributed by atoms with Crippen LogP contribution in [-0.2, 0) is 21.2 Å². The van der Waals surface area contributed by atoms with E-state index < -0.39 is 15.9 Å². The maximum Gasteiger partial charge on any atom is 0.264 e. The number of carbonyl (C=O) groups is 1. The van der Waals surface area contributed by atoms with E-state index in [9.17, 15) is 13.2 Å². The van der Waals surface area contributed by atoms with E-state index >= 15 is 0 Å². The van der Waals surface area contributed by atoms with E-state index in [0.29, 0.717) is 36.8 Å². The molecule has 0 unspecified atom stereocenters. The van der Waals surface area contributed by atoms with Crippen LogP contribution in [0.4, 0.5) is 5.69 Å². The van der Waals surface area contributed by atoms with Gasteiger partial charge in [0.2, 0.25) is 5.91 Å². The lowest BCUT2D eigenvalue weighted by Gasteiger charge is -2.25. The van der Waals surface area contributed by atoms with Gasteiger partial charge in [0, 0.05) is 12.6 Å². The van der Waals surface area contributed by atoms with E-state index in [1.807, 2.05) is 38.1 Å². The summed E-state index contributed by atoms with van der Waals surface area (Å²) in [7, 11) is -1.07. The largest absolute Gasteiger partial charge is 0.494 e. The Balaban J connectivity index is 1.77. The molecular formula is C28H34N2O6S. The number of carbonyl (C=O) groups excluding carboxylic acids is 1. The quantitative estimate of drug-likeness (QED) is 0.333. The number of nitrogens with one attached hydrogen (secondary N) is 1. The molecule has 0 aliphatic heterocycles. The number of methoxy groups -OCH3 is 2. The molecule has 3 rings (SSSR count). The van der Waals surface area contributed by atoms with Crippen molar-refractivity contribution in [1.82, 2.24) is 5.32 Å². The molecule has 198 valence electrons. The van der Waals surface area contributed by atoms with Crippen LogP contribution in [0.3, 0.4) is 0 Å². The van der Waals surface area contributed by atoms with E-state index in [1.165, 1.54) is 26.4 Å². The molecule has 1 N–H and O–H groups in total. The van der Waals surface area contributed by atoms with Crippen LogP contribution >= 0.6 is 0 Å². The average molecular weight is 527 g/mol. The maximum atomic E-state index is 13.6. The van der Waals surface area contributed by atoms with Crippen LogP contribution in [0.2, 0.25) is 0 Å². The molecule has 37 heavy (non-hydrogen) atoms. The Morgan fingerprint density at radius 3 is 2.30 bits per heavy atom. The molecule has 0 radical (unpaired) electrons. The minimum atomic E-state index is -4.04. The smallest absolute Gasteiger partial charge is 0.264 e. The van der Waals surface area contributed by atoms with E-state index in [4.69, 9.17) is 14.2 Å². The van der Waals surface area contributed by atoms with Crippen molar-refractivity contribution in [2.24, 2.45) is 0 Å². The molecule has 0 heterocycles. The highest BCUT2D eigenvalue weighted by atomic mass is 32.2. The molecule has 9 heteroatoms. The number of aryl methyl sites for hydroxylation is 2. The van der Waals surface area contributed by atoms with Crippen LogP contribution in [0.5, 0.6) is 17.2 Å². The van der Waals surface area contributed by atoms with Gasteiger partial charge in [-0.3, -0.25) is 9.10 Å². The molecule has 0 fully saturated rings. The summed E-state index contributed by atoms with van der Waals surface area (Å²) in [6, 6.07) is 19.1. The Morgan fingerprint density at radius 2 is 1.62 bits per heavy atom. The Kier molecular flexibility index (Phi) is 9.79. The molecule has 3 aromatic rings. The highest BCUT2D eigenvalue weighted by molar-refractivity contribution is 7.92. The molecule has 0 aromatic heterocycles. The lowest BCUT2D eigenvalue weighted by atomic mass is 10.1. The van der Waals surface area contributed by atoms with Crippen LogP contribution in [0.1, 0.15) is 24.5 Å². The second-order valence-corrected chi connectivity index (χ2v) is 10.2. The summed E-state index contributed by atoms with van der Waals surface area (Å²) < 4.78 is 44.6. The number of rotatable bonds is 13.